The van der Waals surface area contributed by atoms with E-state index in [1.807, 2.05) is 0 Å². The summed E-state index contributed by atoms with van der Waals surface area (Å²) in [6.45, 7) is 7.57. The van der Waals surface area contributed by atoms with E-state index < -0.39 is 0 Å². The molecule has 0 amide bonds. The Labute approximate surface area is 250 Å². The van der Waals surface area contributed by atoms with Crippen molar-refractivity contribution in [3.63, 3.8) is 0 Å². The first-order chi connectivity index (χ1) is 20.1. The summed E-state index contributed by atoms with van der Waals surface area (Å²) in [6, 6.07) is 2.08. The largest absolute Gasteiger partial charge is 0.492 e. The van der Waals surface area contributed by atoms with Crippen LogP contribution in [0.3, 0.4) is 0 Å². The van der Waals surface area contributed by atoms with Crippen LogP contribution in [-0.2, 0) is 20.7 Å². The number of ether oxygens (including phenoxy) is 4. The molecule has 0 spiro atoms. The lowest BCUT2D eigenvalue weighted by Crippen LogP contribution is -2.51. The van der Waals surface area contributed by atoms with Gasteiger partial charge in [0.25, 0.3) is 0 Å². The van der Waals surface area contributed by atoms with Crippen LogP contribution in [0.5, 0.6) is 17.2 Å². The van der Waals surface area contributed by atoms with Gasteiger partial charge in [-0.25, -0.2) is 0 Å². The minimum atomic E-state index is -0.166. The number of likely N-dealkylation sites (N-methyl/N-ethyl adjacent to an activating group) is 1. The fraction of sp³-hybridized carbons (Fsp3) is 0.714. The predicted octanol–water partition coefficient (Wildman–Crippen LogP) is 6.42. The molecule has 0 aromatic heterocycles. The van der Waals surface area contributed by atoms with Crippen molar-refractivity contribution in [2.75, 3.05) is 27.5 Å². The summed E-state index contributed by atoms with van der Waals surface area (Å²) < 4.78 is 23.0. The fourth-order valence-corrected chi connectivity index (χ4v) is 10.6. The van der Waals surface area contributed by atoms with Gasteiger partial charge < -0.3 is 18.9 Å². The van der Waals surface area contributed by atoms with E-state index >= 15 is 0 Å². The Bertz CT molecular complexity index is 1320. The van der Waals surface area contributed by atoms with Gasteiger partial charge in [0.1, 0.15) is 11.9 Å². The van der Waals surface area contributed by atoms with Crippen LogP contribution in [0.4, 0.5) is 0 Å². The van der Waals surface area contributed by atoms with Crippen molar-refractivity contribution in [2.24, 2.45) is 34.5 Å². The highest BCUT2D eigenvalue weighted by atomic mass is 16.7. The van der Waals surface area contributed by atoms with E-state index in [4.69, 9.17) is 18.9 Å². The second-order valence-electron chi connectivity index (χ2n) is 14.5. The average Bonchev–Trinajstić information content (AvgIpc) is 3.57. The Hall–Kier alpha value is -2.54. The maximum atomic E-state index is 14.4. The summed E-state index contributed by atoms with van der Waals surface area (Å²) in [6.07, 6.45) is 12.5. The predicted molar refractivity (Wildman–Crippen MR) is 159 cm³/mol. The van der Waals surface area contributed by atoms with Gasteiger partial charge in [-0.1, -0.05) is 25.5 Å². The smallest absolute Gasteiger partial charge is 0.302 e. The van der Waals surface area contributed by atoms with Gasteiger partial charge in [-0.15, -0.1) is 0 Å². The molecule has 3 saturated carbocycles. The SMILES string of the molecule is COc1c2c(cc3c1C(CC(=O)C1CCC4C5CC=C6CC(OC(C)=O)CC[C@]6(C)C5CC[C@]14C)N(C)CC3)OCO2. The van der Waals surface area contributed by atoms with Gasteiger partial charge in [-0.05, 0) is 98.6 Å². The molecule has 42 heavy (non-hydrogen) atoms. The molecule has 3 fully saturated rings. The number of benzene rings is 1. The zero-order valence-corrected chi connectivity index (χ0v) is 26.0. The molecule has 7 nitrogen and oxygen atoms in total. The van der Waals surface area contributed by atoms with E-state index in [2.05, 4.69) is 37.9 Å². The minimum absolute atomic E-state index is 0.0174. The van der Waals surface area contributed by atoms with Crippen molar-refractivity contribution in [1.82, 2.24) is 4.90 Å². The Morgan fingerprint density at radius 1 is 1.10 bits per heavy atom. The topological polar surface area (TPSA) is 74.3 Å². The van der Waals surface area contributed by atoms with Gasteiger partial charge in [-0.2, -0.15) is 0 Å². The van der Waals surface area contributed by atoms with E-state index in [0.717, 1.165) is 75.0 Å². The molecule has 2 aliphatic heterocycles. The lowest BCUT2D eigenvalue weighted by atomic mass is 9.47. The van der Waals surface area contributed by atoms with Gasteiger partial charge in [0.15, 0.2) is 11.5 Å². The van der Waals surface area contributed by atoms with Crippen LogP contribution in [0.1, 0.15) is 95.7 Å². The average molecular weight is 578 g/mol. The Balaban J connectivity index is 1.11. The van der Waals surface area contributed by atoms with Crippen LogP contribution >= 0.6 is 0 Å². The zero-order valence-electron chi connectivity index (χ0n) is 26.0. The molecule has 0 N–H and O–H groups in total. The van der Waals surface area contributed by atoms with E-state index in [1.165, 1.54) is 24.5 Å². The quantitative estimate of drug-likeness (QED) is 0.295. The lowest BCUT2D eigenvalue weighted by molar-refractivity contribution is -0.149. The summed E-state index contributed by atoms with van der Waals surface area (Å²) in [4.78, 5) is 28.3. The molecule has 8 atom stereocenters. The number of carbonyl (C=O) groups is 2. The number of esters is 1. The molecular formula is C35H47NO6. The van der Waals surface area contributed by atoms with E-state index in [0.29, 0.717) is 35.7 Å². The zero-order chi connectivity index (χ0) is 29.4. The molecule has 0 radical (unpaired) electrons. The van der Waals surface area contributed by atoms with Crippen molar-refractivity contribution in [2.45, 2.75) is 97.1 Å². The summed E-state index contributed by atoms with van der Waals surface area (Å²) in [5.74, 6) is 4.42. The molecule has 2 heterocycles. The first kappa shape index (κ1) is 28.2. The molecular weight excluding hydrogens is 530 g/mol. The Morgan fingerprint density at radius 3 is 2.71 bits per heavy atom. The van der Waals surface area contributed by atoms with Gasteiger partial charge in [0.05, 0.1) is 7.11 Å². The maximum absolute atomic E-state index is 14.4. The van der Waals surface area contributed by atoms with Crippen LogP contribution in [0.15, 0.2) is 17.7 Å². The summed E-state index contributed by atoms with van der Waals surface area (Å²) in [5, 5.41) is 0. The monoisotopic (exact) mass is 577 g/mol. The first-order valence-corrected chi connectivity index (χ1v) is 16.2. The lowest BCUT2D eigenvalue weighted by Gasteiger charge is -2.58. The molecule has 7 rings (SSSR count). The van der Waals surface area contributed by atoms with E-state index in [9.17, 15) is 9.59 Å². The highest BCUT2D eigenvalue weighted by molar-refractivity contribution is 5.83. The van der Waals surface area contributed by atoms with Crippen LogP contribution in [0, 0.1) is 34.5 Å². The number of hydrogen-bond acceptors (Lipinski definition) is 7. The van der Waals surface area contributed by atoms with E-state index in [-0.39, 0.29) is 41.7 Å². The second-order valence-corrected chi connectivity index (χ2v) is 14.5. The van der Waals surface area contributed by atoms with Crippen molar-refractivity contribution in [3.8, 4) is 17.2 Å². The van der Waals surface area contributed by atoms with Gasteiger partial charge in [0.2, 0.25) is 12.5 Å². The molecule has 228 valence electrons. The number of allylic oxidation sites excluding steroid dienone is 1. The van der Waals surface area contributed by atoms with Crippen molar-refractivity contribution in [3.05, 3.63) is 28.8 Å². The van der Waals surface area contributed by atoms with Crippen molar-refractivity contribution >= 4 is 11.8 Å². The fourth-order valence-electron chi connectivity index (χ4n) is 10.6. The second kappa shape index (κ2) is 10.3. The Kier molecular flexibility index (Phi) is 6.91. The standard InChI is InChI=1S/C35H47NO6/c1-20(37)42-23-10-13-34(2)22(17-23)6-7-24-25-8-9-27(35(25,3)14-11-26(24)34)29(38)18-28-31-21(12-15-36(28)4)16-30-32(33(31)39-5)41-19-40-30/h6,16,23-28H,7-15,17-19H2,1-5H3/t23?,24?,25?,26?,27?,28?,34-,35-/m0/s1. The number of fused-ring (bicyclic) bond motifs is 7. The van der Waals surface area contributed by atoms with Crippen LogP contribution in [-0.4, -0.2) is 50.3 Å². The number of ketones is 1. The normalized spacial score (nSPS) is 38.5. The third kappa shape index (κ3) is 4.23. The molecule has 6 aliphatic rings. The minimum Gasteiger partial charge on any atom is -0.492 e. The number of rotatable bonds is 5. The highest BCUT2D eigenvalue weighted by Gasteiger charge is 2.60. The number of Topliss-reactive ketones (excluding diaryl/α,β-unsaturated/α-hetero) is 1. The highest BCUT2D eigenvalue weighted by Crippen LogP contribution is 2.66. The van der Waals surface area contributed by atoms with Gasteiger partial charge in [-0.3, -0.25) is 14.5 Å². The number of nitrogens with zero attached hydrogens (tertiary/aromatic N) is 1. The first-order valence-electron chi connectivity index (χ1n) is 16.2. The maximum Gasteiger partial charge on any atom is 0.302 e. The molecule has 0 saturated heterocycles. The number of methoxy groups -OCH3 is 1. The Morgan fingerprint density at radius 2 is 1.93 bits per heavy atom. The van der Waals surface area contributed by atoms with Crippen molar-refractivity contribution < 1.29 is 28.5 Å². The van der Waals surface area contributed by atoms with Crippen LogP contribution in [0.25, 0.3) is 0 Å². The van der Waals surface area contributed by atoms with Crippen LogP contribution in [0.2, 0.25) is 0 Å². The van der Waals surface area contributed by atoms with Gasteiger partial charge in [0, 0.05) is 43.8 Å². The summed E-state index contributed by atoms with van der Waals surface area (Å²) in [7, 11) is 3.83. The molecule has 1 aromatic rings. The third-order valence-electron chi connectivity index (χ3n) is 12.7. The molecule has 7 heteroatoms. The number of hydrogen-bond donors (Lipinski definition) is 0. The molecule has 0 bridgehead atoms. The van der Waals surface area contributed by atoms with E-state index in [1.54, 1.807) is 7.11 Å². The summed E-state index contributed by atoms with van der Waals surface area (Å²) >= 11 is 0. The molecule has 1 aromatic carbocycles. The molecule has 6 unspecified atom stereocenters. The number of carbonyl (C=O) groups excluding carboxylic acids is 2. The van der Waals surface area contributed by atoms with Gasteiger partial charge >= 0.3 is 5.97 Å². The summed E-state index contributed by atoms with van der Waals surface area (Å²) in [5.41, 5.74) is 4.09. The van der Waals surface area contributed by atoms with Crippen molar-refractivity contribution in [1.29, 1.82) is 0 Å². The third-order valence-corrected chi connectivity index (χ3v) is 12.7. The molecule has 4 aliphatic carbocycles. The van der Waals surface area contributed by atoms with Crippen LogP contribution < -0.4 is 14.2 Å².